The first kappa shape index (κ1) is 27.6. The van der Waals surface area contributed by atoms with Crippen LogP contribution in [0.2, 0.25) is 0 Å². The van der Waals surface area contributed by atoms with Crippen LogP contribution in [0.4, 0.5) is 10.1 Å². The molecule has 1 unspecified atom stereocenters. The second-order valence-electron chi connectivity index (χ2n) is 11.2. The lowest BCUT2D eigenvalue weighted by molar-refractivity contribution is -0.136. The number of hydrogen-bond donors (Lipinski definition) is 1. The van der Waals surface area contributed by atoms with Gasteiger partial charge >= 0.3 is 0 Å². The molecule has 0 aromatic heterocycles. The van der Waals surface area contributed by atoms with Crippen molar-refractivity contribution in [3.8, 4) is 6.07 Å². The Morgan fingerprint density at radius 3 is 2.40 bits per heavy atom. The van der Waals surface area contributed by atoms with Gasteiger partial charge in [-0.05, 0) is 65.8 Å². The lowest BCUT2D eigenvalue weighted by Gasteiger charge is -2.36. The number of nitriles is 1. The predicted octanol–water partition coefficient (Wildman–Crippen LogP) is 3.57. The van der Waals surface area contributed by atoms with E-state index in [0.717, 1.165) is 56.7 Å². The minimum absolute atomic E-state index is 0.145. The fraction of sp³-hybridized carbons (Fsp3) is 0.333. The molecule has 214 valence electrons. The van der Waals surface area contributed by atoms with E-state index >= 15 is 0 Å². The van der Waals surface area contributed by atoms with Crippen molar-refractivity contribution in [2.24, 2.45) is 0 Å². The van der Waals surface area contributed by atoms with Crippen molar-refractivity contribution in [3.05, 3.63) is 99.9 Å². The molecule has 6 rings (SSSR count). The quantitative estimate of drug-likeness (QED) is 0.440. The summed E-state index contributed by atoms with van der Waals surface area (Å²) in [4.78, 5) is 43.1. The maximum Gasteiger partial charge on any atom is 0.255 e. The van der Waals surface area contributed by atoms with E-state index in [9.17, 15) is 18.8 Å². The van der Waals surface area contributed by atoms with Crippen LogP contribution in [-0.4, -0.2) is 59.7 Å². The second kappa shape index (κ2) is 11.7. The van der Waals surface area contributed by atoms with E-state index in [1.165, 1.54) is 17.2 Å². The number of carbonyl (C=O) groups is 3. The summed E-state index contributed by atoms with van der Waals surface area (Å²) in [6.07, 6.45) is 2.22. The van der Waals surface area contributed by atoms with Gasteiger partial charge in [-0.25, -0.2) is 4.39 Å². The third-order valence-corrected chi connectivity index (χ3v) is 8.58. The second-order valence-corrected chi connectivity index (χ2v) is 11.2. The van der Waals surface area contributed by atoms with E-state index in [2.05, 4.69) is 40.5 Å². The smallest absolute Gasteiger partial charge is 0.255 e. The number of aryl methyl sites for hydroxylation is 2. The van der Waals surface area contributed by atoms with Crippen LogP contribution < -0.4 is 10.2 Å². The van der Waals surface area contributed by atoms with Gasteiger partial charge in [0.05, 0.1) is 17.3 Å². The number of anilines is 1. The predicted molar refractivity (Wildman–Crippen MR) is 155 cm³/mol. The summed E-state index contributed by atoms with van der Waals surface area (Å²) in [5, 5.41) is 11.3. The molecule has 3 aliphatic rings. The lowest BCUT2D eigenvalue weighted by Crippen LogP contribution is -2.52. The van der Waals surface area contributed by atoms with E-state index < -0.39 is 11.9 Å². The molecule has 0 spiro atoms. The third-order valence-electron chi connectivity index (χ3n) is 8.58. The number of amides is 3. The molecule has 42 heavy (non-hydrogen) atoms. The van der Waals surface area contributed by atoms with Crippen LogP contribution >= 0.6 is 0 Å². The highest BCUT2D eigenvalue weighted by molar-refractivity contribution is 6.05. The van der Waals surface area contributed by atoms with Gasteiger partial charge in [-0.15, -0.1) is 0 Å². The van der Waals surface area contributed by atoms with Crippen LogP contribution in [0, 0.1) is 17.1 Å². The Morgan fingerprint density at radius 2 is 1.69 bits per heavy atom. The molecule has 3 amide bonds. The minimum atomic E-state index is -0.608. The van der Waals surface area contributed by atoms with Crippen molar-refractivity contribution >= 4 is 23.4 Å². The number of imide groups is 1. The molecule has 0 aliphatic carbocycles. The van der Waals surface area contributed by atoms with E-state index in [1.54, 1.807) is 17.0 Å². The van der Waals surface area contributed by atoms with Gasteiger partial charge < -0.3 is 9.80 Å². The zero-order valence-electron chi connectivity index (χ0n) is 23.3. The molecule has 3 heterocycles. The van der Waals surface area contributed by atoms with Crippen LogP contribution in [0.5, 0.6) is 0 Å². The standard InChI is InChI=1S/C33H32FN5O3/c34-28-18-24(19-35)9-11-29(28)38-16-14-37(15-17-38)20-23-6-4-22(5-7-23)8-10-25-2-1-3-26-27(25)21-39(33(26)42)30-12-13-31(40)36-32(30)41/h1-7,9,11,18,30H,8,10,12-17,20-21H2,(H,36,40,41). The van der Waals surface area contributed by atoms with Gasteiger partial charge in [0.15, 0.2) is 0 Å². The Morgan fingerprint density at radius 1 is 0.929 bits per heavy atom. The molecule has 8 nitrogen and oxygen atoms in total. The molecule has 2 fully saturated rings. The Labute approximate surface area is 244 Å². The number of hydrogen-bond acceptors (Lipinski definition) is 6. The van der Waals surface area contributed by atoms with Crippen LogP contribution in [0.25, 0.3) is 0 Å². The van der Waals surface area contributed by atoms with Crippen molar-refractivity contribution < 1.29 is 18.8 Å². The van der Waals surface area contributed by atoms with Crippen molar-refractivity contribution in [1.29, 1.82) is 5.26 Å². The Bertz CT molecular complexity index is 1570. The third kappa shape index (κ3) is 5.63. The zero-order valence-corrected chi connectivity index (χ0v) is 23.3. The monoisotopic (exact) mass is 565 g/mol. The van der Waals surface area contributed by atoms with Gasteiger partial charge in [-0.2, -0.15) is 5.26 Å². The fourth-order valence-corrected chi connectivity index (χ4v) is 6.21. The molecular formula is C33H32FN5O3. The van der Waals surface area contributed by atoms with E-state index in [1.807, 2.05) is 23.1 Å². The van der Waals surface area contributed by atoms with Gasteiger partial charge in [0.2, 0.25) is 11.8 Å². The summed E-state index contributed by atoms with van der Waals surface area (Å²) in [5.74, 6) is -1.17. The molecule has 3 aromatic carbocycles. The summed E-state index contributed by atoms with van der Waals surface area (Å²) in [5.41, 5.74) is 6.05. The minimum Gasteiger partial charge on any atom is -0.367 e. The van der Waals surface area contributed by atoms with Gasteiger partial charge in [-0.1, -0.05) is 36.4 Å². The van der Waals surface area contributed by atoms with Gasteiger partial charge in [0, 0.05) is 51.3 Å². The van der Waals surface area contributed by atoms with Crippen molar-refractivity contribution in [2.75, 3.05) is 31.1 Å². The normalized spacial score (nSPS) is 19.0. The summed E-state index contributed by atoms with van der Waals surface area (Å²) < 4.78 is 14.4. The maximum absolute atomic E-state index is 14.4. The number of piperidine rings is 1. The number of nitrogens with zero attached hydrogens (tertiary/aromatic N) is 4. The van der Waals surface area contributed by atoms with Crippen LogP contribution in [-0.2, 0) is 35.5 Å². The fourth-order valence-electron chi connectivity index (χ4n) is 6.21. The molecular weight excluding hydrogens is 533 g/mol. The number of halogens is 1. The summed E-state index contributed by atoms with van der Waals surface area (Å²) in [6, 6.07) is 20.4. The van der Waals surface area contributed by atoms with Crippen molar-refractivity contribution in [3.63, 3.8) is 0 Å². The van der Waals surface area contributed by atoms with E-state index in [-0.39, 0.29) is 24.1 Å². The average molecular weight is 566 g/mol. The van der Waals surface area contributed by atoms with E-state index in [0.29, 0.717) is 29.8 Å². The Hall–Kier alpha value is -4.55. The number of benzene rings is 3. The Balaban J connectivity index is 1.02. The first-order valence-electron chi connectivity index (χ1n) is 14.4. The largest absolute Gasteiger partial charge is 0.367 e. The van der Waals surface area contributed by atoms with Crippen LogP contribution in [0.3, 0.4) is 0 Å². The lowest BCUT2D eigenvalue weighted by atomic mass is 9.97. The first-order chi connectivity index (χ1) is 20.4. The molecule has 0 bridgehead atoms. The highest BCUT2D eigenvalue weighted by atomic mass is 19.1. The molecule has 3 aliphatic heterocycles. The summed E-state index contributed by atoms with van der Waals surface area (Å²) >= 11 is 0. The summed E-state index contributed by atoms with van der Waals surface area (Å²) in [7, 11) is 0. The molecule has 3 aromatic rings. The molecule has 1 N–H and O–H groups in total. The number of carbonyl (C=O) groups excluding carboxylic acids is 3. The van der Waals surface area contributed by atoms with E-state index in [4.69, 9.17) is 5.26 Å². The average Bonchev–Trinajstić information content (AvgIpc) is 3.33. The molecule has 2 saturated heterocycles. The Kier molecular flexibility index (Phi) is 7.72. The van der Waals surface area contributed by atoms with Crippen LogP contribution in [0.1, 0.15) is 51.0 Å². The van der Waals surface area contributed by atoms with Crippen molar-refractivity contribution in [2.45, 2.75) is 44.8 Å². The van der Waals surface area contributed by atoms with Crippen LogP contribution in [0.15, 0.2) is 60.7 Å². The number of nitrogens with one attached hydrogen (secondary N) is 1. The maximum atomic E-state index is 14.4. The number of piperazine rings is 1. The SMILES string of the molecule is N#Cc1ccc(N2CCN(Cc3ccc(CCc4cccc5c4CN(C4CCC(=O)NC4=O)C5=O)cc3)CC2)c(F)c1. The molecule has 0 radical (unpaired) electrons. The zero-order chi connectivity index (χ0) is 29.2. The van der Waals surface area contributed by atoms with Crippen molar-refractivity contribution in [1.82, 2.24) is 15.1 Å². The molecule has 1 atom stereocenters. The van der Waals surface area contributed by atoms with Gasteiger partial charge in [0.1, 0.15) is 11.9 Å². The molecule has 0 saturated carbocycles. The van der Waals surface area contributed by atoms with Gasteiger partial charge in [0.25, 0.3) is 5.91 Å². The topological polar surface area (TPSA) is 96.8 Å². The highest BCUT2D eigenvalue weighted by Gasteiger charge is 2.39. The molecule has 9 heteroatoms. The number of rotatable bonds is 7. The first-order valence-corrected chi connectivity index (χ1v) is 14.4. The highest BCUT2D eigenvalue weighted by Crippen LogP contribution is 2.30. The summed E-state index contributed by atoms with van der Waals surface area (Å²) in [6.45, 7) is 4.33. The van der Waals surface area contributed by atoms with Gasteiger partial charge in [-0.3, -0.25) is 24.6 Å². The number of fused-ring (bicyclic) bond motifs is 1.